The molecule has 1 aromatic heterocycles. The molecule has 2 N–H and O–H groups in total. The molecule has 0 saturated carbocycles. The van der Waals surface area contributed by atoms with Crippen molar-refractivity contribution < 1.29 is 14.6 Å². The van der Waals surface area contributed by atoms with Crippen LogP contribution in [-0.2, 0) is 5.60 Å². The minimum absolute atomic E-state index is 0.153. The van der Waals surface area contributed by atoms with Gasteiger partial charge in [-0.3, -0.25) is 4.79 Å². The summed E-state index contributed by atoms with van der Waals surface area (Å²) in [5, 5.41) is 16.8. The first-order chi connectivity index (χ1) is 9.53. The molecule has 20 heavy (non-hydrogen) atoms. The molecule has 0 aliphatic carbocycles. The van der Waals surface area contributed by atoms with Gasteiger partial charge in [0.15, 0.2) is 0 Å². The van der Waals surface area contributed by atoms with E-state index in [0.717, 1.165) is 5.56 Å². The Balaban J connectivity index is 2.01. The van der Waals surface area contributed by atoms with Crippen molar-refractivity contribution in [2.75, 3.05) is 13.7 Å². The van der Waals surface area contributed by atoms with Gasteiger partial charge in [0.25, 0.3) is 5.91 Å². The van der Waals surface area contributed by atoms with Crippen LogP contribution >= 0.6 is 11.3 Å². The summed E-state index contributed by atoms with van der Waals surface area (Å²) in [5.41, 5.74) is 0.230. The molecule has 0 saturated heterocycles. The zero-order chi connectivity index (χ0) is 14.6. The first-order valence-electron chi connectivity index (χ1n) is 6.20. The molecular formula is C15H17NO3S. The maximum Gasteiger partial charge on any atom is 0.251 e. The standard InChI is InChI=1S/C15H17NO3S/c1-15(18,12-6-7-20-9-12)10-16-14(17)11-4-3-5-13(8-11)19-2/h3-9,18H,10H2,1-2H3,(H,16,17). The smallest absolute Gasteiger partial charge is 0.251 e. The van der Waals surface area contributed by atoms with E-state index in [-0.39, 0.29) is 12.5 Å². The number of hydrogen-bond donors (Lipinski definition) is 2. The maximum atomic E-state index is 12.1. The number of methoxy groups -OCH3 is 1. The second kappa shape index (κ2) is 6.07. The molecule has 0 aliphatic heterocycles. The van der Waals surface area contributed by atoms with Gasteiger partial charge in [0.05, 0.1) is 13.7 Å². The van der Waals surface area contributed by atoms with E-state index in [4.69, 9.17) is 4.74 Å². The zero-order valence-electron chi connectivity index (χ0n) is 11.4. The molecule has 0 fully saturated rings. The van der Waals surface area contributed by atoms with Crippen molar-refractivity contribution in [3.05, 3.63) is 52.2 Å². The largest absolute Gasteiger partial charge is 0.497 e. The Hall–Kier alpha value is -1.85. The topological polar surface area (TPSA) is 58.6 Å². The van der Waals surface area contributed by atoms with Crippen LogP contribution in [0.15, 0.2) is 41.1 Å². The molecule has 1 unspecified atom stereocenters. The first kappa shape index (κ1) is 14.6. The van der Waals surface area contributed by atoms with Gasteiger partial charge in [0.2, 0.25) is 0 Å². The van der Waals surface area contributed by atoms with Gasteiger partial charge in [-0.15, -0.1) is 0 Å². The highest BCUT2D eigenvalue weighted by molar-refractivity contribution is 7.08. The van der Waals surface area contributed by atoms with Crippen LogP contribution in [0.25, 0.3) is 0 Å². The molecule has 1 aromatic carbocycles. The average Bonchev–Trinajstić information content (AvgIpc) is 3.00. The third-order valence-corrected chi connectivity index (χ3v) is 3.75. The van der Waals surface area contributed by atoms with Gasteiger partial charge < -0.3 is 15.2 Å². The van der Waals surface area contributed by atoms with Crippen molar-refractivity contribution in [2.24, 2.45) is 0 Å². The normalized spacial score (nSPS) is 13.6. The van der Waals surface area contributed by atoms with Crippen molar-refractivity contribution in [3.8, 4) is 5.75 Å². The van der Waals surface area contributed by atoms with E-state index in [1.165, 1.54) is 11.3 Å². The van der Waals surface area contributed by atoms with Crippen LogP contribution in [-0.4, -0.2) is 24.7 Å². The summed E-state index contributed by atoms with van der Waals surface area (Å²) >= 11 is 1.51. The van der Waals surface area contributed by atoms with Gasteiger partial charge in [-0.1, -0.05) is 6.07 Å². The monoisotopic (exact) mass is 291 g/mol. The average molecular weight is 291 g/mol. The molecule has 0 aliphatic rings. The number of hydrogen-bond acceptors (Lipinski definition) is 4. The molecule has 0 bridgehead atoms. The Morgan fingerprint density at radius 3 is 2.90 bits per heavy atom. The Labute approximate surface area is 122 Å². The predicted molar refractivity (Wildman–Crippen MR) is 79.2 cm³/mol. The van der Waals surface area contributed by atoms with Crippen LogP contribution < -0.4 is 10.1 Å². The van der Waals surface area contributed by atoms with E-state index < -0.39 is 5.60 Å². The number of amides is 1. The van der Waals surface area contributed by atoms with E-state index >= 15 is 0 Å². The number of carbonyl (C=O) groups is 1. The lowest BCUT2D eigenvalue weighted by atomic mass is 9.99. The van der Waals surface area contributed by atoms with Crippen LogP contribution in [0.1, 0.15) is 22.8 Å². The van der Waals surface area contributed by atoms with Gasteiger partial charge in [-0.25, -0.2) is 0 Å². The minimum atomic E-state index is -1.07. The van der Waals surface area contributed by atoms with Crippen molar-refractivity contribution in [1.82, 2.24) is 5.32 Å². The van der Waals surface area contributed by atoms with E-state index in [2.05, 4.69) is 5.32 Å². The number of ether oxygens (including phenoxy) is 1. The molecule has 4 nitrogen and oxygen atoms in total. The fourth-order valence-electron chi connectivity index (χ4n) is 1.79. The number of benzene rings is 1. The van der Waals surface area contributed by atoms with Crippen LogP contribution in [0.5, 0.6) is 5.75 Å². The summed E-state index contributed by atoms with van der Waals surface area (Å²) in [6, 6.07) is 8.75. The molecule has 2 rings (SSSR count). The van der Waals surface area contributed by atoms with Gasteiger partial charge in [-0.2, -0.15) is 11.3 Å². The highest BCUT2D eigenvalue weighted by Crippen LogP contribution is 2.22. The van der Waals surface area contributed by atoms with Crippen molar-refractivity contribution in [1.29, 1.82) is 0 Å². The van der Waals surface area contributed by atoms with Gasteiger partial charge in [0.1, 0.15) is 11.4 Å². The highest BCUT2D eigenvalue weighted by Gasteiger charge is 2.24. The molecule has 1 atom stereocenters. The third kappa shape index (κ3) is 3.37. The number of carbonyl (C=O) groups excluding carboxylic acids is 1. The molecule has 1 heterocycles. The lowest BCUT2D eigenvalue weighted by Crippen LogP contribution is -2.38. The number of thiophene rings is 1. The Bertz CT molecular complexity index is 579. The fourth-order valence-corrected chi connectivity index (χ4v) is 2.57. The van der Waals surface area contributed by atoms with E-state index in [9.17, 15) is 9.90 Å². The molecule has 2 aromatic rings. The quantitative estimate of drug-likeness (QED) is 0.889. The number of rotatable bonds is 5. The van der Waals surface area contributed by atoms with E-state index in [0.29, 0.717) is 11.3 Å². The van der Waals surface area contributed by atoms with Crippen molar-refractivity contribution in [2.45, 2.75) is 12.5 Å². The second-order valence-electron chi connectivity index (χ2n) is 4.70. The van der Waals surface area contributed by atoms with E-state index in [1.807, 2.05) is 16.8 Å². The van der Waals surface area contributed by atoms with Crippen LogP contribution in [0.2, 0.25) is 0 Å². The third-order valence-electron chi connectivity index (χ3n) is 3.07. The van der Waals surface area contributed by atoms with Crippen LogP contribution in [0, 0.1) is 0 Å². The lowest BCUT2D eigenvalue weighted by molar-refractivity contribution is 0.0530. The Kier molecular flexibility index (Phi) is 4.42. The van der Waals surface area contributed by atoms with Gasteiger partial charge in [0, 0.05) is 5.56 Å². The summed E-state index contributed by atoms with van der Waals surface area (Å²) in [5.74, 6) is 0.390. The van der Waals surface area contributed by atoms with Crippen LogP contribution in [0.4, 0.5) is 0 Å². The number of aliphatic hydroxyl groups is 1. The number of nitrogens with one attached hydrogen (secondary N) is 1. The summed E-state index contributed by atoms with van der Waals surface area (Å²) in [6.07, 6.45) is 0. The molecule has 106 valence electrons. The Morgan fingerprint density at radius 1 is 1.45 bits per heavy atom. The van der Waals surface area contributed by atoms with Crippen LogP contribution in [0.3, 0.4) is 0 Å². The maximum absolute atomic E-state index is 12.1. The molecule has 0 spiro atoms. The summed E-state index contributed by atoms with van der Waals surface area (Å²) in [6.45, 7) is 1.83. The Morgan fingerprint density at radius 2 is 2.25 bits per heavy atom. The lowest BCUT2D eigenvalue weighted by Gasteiger charge is -2.22. The molecule has 5 heteroatoms. The van der Waals surface area contributed by atoms with Crippen molar-refractivity contribution >= 4 is 17.2 Å². The van der Waals surface area contributed by atoms with Gasteiger partial charge in [-0.05, 0) is 47.5 Å². The summed E-state index contributed by atoms with van der Waals surface area (Å²) in [7, 11) is 1.55. The summed E-state index contributed by atoms with van der Waals surface area (Å²) < 4.78 is 5.08. The highest BCUT2D eigenvalue weighted by atomic mass is 32.1. The predicted octanol–water partition coefficient (Wildman–Crippen LogP) is 2.39. The molecule has 0 radical (unpaired) electrons. The fraction of sp³-hybridized carbons (Fsp3) is 0.267. The van der Waals surface area contributed by atoms with E-state index in [1.54, 1.807) is 38.3 Å². The zero-order valence-corrected chi connectivity index (χ0v) is 12.2. The van der Waals surface area contributed by atoms with Crippen molar-refractivity contribution in [3.63, 3.8) is 0 Å². The van der Waals surface area contributed by atoms with Gasteiger partial charge >= 0.3 is 0 Å². The molecule has 1 amide bonds. The summed E-state index contributed by atoms with van der Waals surface area (Å²) in [4.78, 5) is 12.1. The minimum Gasteiger partial charge on any atom is -0.497 e. The first-order valence-corrected chi connectivity index (χ1v) is 7.14. The second-order valence-corrected chi connectivity index (χ2v) is 5.48. The SMILES string of the molecule is COc1cccc(C(=O)NCC(C)(O)c2ccsc2)c1. The molecular weight excluding hydrogens is 274 g/mol.